The molecule has 1 aliphatic heterocycles. The van der Waals surface area contributed by atoms with Crippen LogP contribution >= 0.6 is 11.3 Å². The Bertz CT molecular complexity index is 866. The lowest BCUT2D eigenvalue weighted by atomic mass is 9.82. The zero-order chi connectivity index (χ0) is 27.4. The molecule has 0 aromatic carbocycles. The van der Waals surface area contributed by atoms with E-state index in [1.807, 2.05) is 57.4 Å². The number of carbonyl (C=O) groups excluding carboxylic acids is 3. The van der Waals surface area contributed by atoms with Crippen LogP contribution in [-0.4, -0.2) is 48.2 Å². The molecule has 208 valence electrons. The van der Waals surface area contributed by atoms with Gasteiger partial charge in [0, 0.05) is 24.4 Å². The highest BCUT2D eigenvalue weighted by Gasteiger charge is 2.36. The Hall–Kier alpha value is -2.27. The molecule has 1 fully saturated rings. The van der Waals surface area contributed by atoms with E-state index in [0.717, 1.165) is 17.7 Å². The summed E-state index contributed by atoms with van der Waals surface area (Å²) in [6.45, 7) is 10.4. The summed E-state index contributed by atoms with van der Waals surface area (Å²) in [5, 5.41) is 3.27. The molecule has 9 nitrogen and oxygen atoms in total. The molecule has 4 atom stereocenters. The standard InChI is InChI=1S/C27H44N4O5S/c1-18(2)16-23(25(32)29-31(17-19(3)4)27(34)20(5)28)22(12-8-10-21-11-9-15-37-21)26(33)30-36-24-13-6-7-14-35-24/h8-11,15,18-20,22-24H,6-7,12-14,16-17,28H2,1-5H3,(H,29,32)(H,30,33)/b10-8+/t20-,22?,23-,24?/m1/s1. The van der Waals surface area contributed by atoms with E-state index in [-0.39, 0.29) is 29.6 Å². The minimum Gasteiger partial charge on any atom is -0.350 e. The fourth-order valence-corrected chi connectivity index (χ4v) is 4.80. The molecule has 1 aromatic rings. The summed E-state index contributed by atoms with van der Waals surface area (Å²) in [5.74, 6) is -2.31. The van der Waals surface area contributed by atoms with Gasteiger partial charge in [0.05, 0.1) is 17.9 Å². The third kappa shape index (κ3) is 10.9. The SMILES string of the molecule is CC(C)C[C@@H](C(=O)NN(CC(C)C)C(=O)[C@@H](C)N)C(C/C=C/c1cccs1)C(=O)NOC1CCCCO1. The molecule has 4 N–H and O–H groups in total. The van der Waals surface area contributed by atoms with E-state index in [2.05, 4.69) is 10.9 Å². The molecule has 0 aliphatic carbocycles. The maximum Gasteiger partial charge on any atom is 0.257 e. The molecule has 0 radical (unpaired) electrons. The van der Waals surface area contributed by atoms with Gasteiger partial charge in [-0.1, -0.05) is 39.8 Å². The number of nitrogens with zero attached hydrogens (tertiary/aromatic N) is 1. The molecule has 2 rings (SSSR count). The second kappa shape index (κ2) is 15.9. The highest BCUT2D eigenvalue weighted by molar-refractivity contribution is 7.10. The minimum absolute atomic E-state index is 0.114. The van der Waals surface area contributed by atoms with Crippen LogP contribution in [0.25, 0.3) is 6.08 Å². The molecule has 3 amide bonds. The van der Waals surface area contributed by atoms with Crippen LogP contribution in [0.3, 0.4) is 0 Å². The van der Waals surface area contributed by atoms with Gasteiger partial charge in [-0.25, -0.2) is 10.3 Å². The van der Waals surface area contributed by atoms with E-state index >= 15 is 0 Å². The molecule has 1 saturated heterocycles. The fraction of sp³-hybridized carbons (Fsp3) is 0.667. The smallest absolute Gasteiger partial charge is 0.257 e. The van der Waals surface area contributed by atoms with Crippen LogP contribution in [0, 0.1) is 23.7 Å². The van der Waals surface area contributed by atoms with Crippen molar-refractivity contribution >= 4 is 35.1 Å². The normalized spacial score (nSPS) is 18.5. The average molecular weight is 537 g/mol. The summed E-state index contributed by atoms with van der Waals surface area (Å²) in [6.07, 6.45) is 6.77. The Labute approximate surface area is 225 Å². The van der Waals surface area contributed by atoms with E-state index in [1.165, 1.54) is 5.01 Å². The zero-order valence-electron chi connectivity index (χ0n) is 22.8. The van der Waals surface area contributed by atoms with Crippen molar-refractivity contribution in [1.29, 1.82) is 0 Å². The number of amides is 3. The summed E-state index contributed by atoms with van der Waals surface area (Å²) in [4.78, 5) is 46.4. The first-order valence-electron chi connectivity index (χ1n) is 13.2. The van der Waals surface area contributed by atoms with Crippen LogP contribution < -0.4 is 16.6 Å². The molecule has 0 spiro atoms. The van der Waals surface area contributed by atoms with Gasteiger partial charge in [0.25, 0.3) is 5.91 Å². The molecule has 0 saturated carbocycles. The summed E-state index contributed by atoms with van der Waals surface area (Å²) in [6, 6.07) is 3.18. The Morgan fingerprint density at radius 3 is 2.49 bits per heavy atom. The van der Waals surface area contributed by atoms with Gasteiger partial charge in [0.1, 0.15) is 0 Å². The lowest BCUT2D eigenvalue weighted by molar-refractivity contribution is -0.203. The predicted octanol–water partition coefficient (Wildman–Crippen LogP) is 3.87. The molecule has 2 heterocycles. The zero-order valence-corrected chi connectivity index (χ0v) is 23.6. The van der Waals surface area contributed by atoms with Crippen molar-refractivity contribution in [3.05, 3.63) is 28.5 Å². The summed E-state index contributed by atoms with van der Waals surface area (Å²) in [7, 11) is 0. The number of hydrazine groups is 1. The number of allylic oxidation sites excluding steroid dienone is 1. The van der Waals surface area contributed by atoms with Crippen LogP contribution in [0.15, 0.2) is 23.6 Å². The number of hydroxylamine groups is 1. The van der Waals surface area contributed by atoms with Gasteiger partial charge in [-0.05, 0) is 62.0 Å². The highest BCUT2D eigenvalue weighted by atomic mass is 32.1. The molecule has 37 heavy (non-hydrogen) atoms. The maximum absolute atomic E-state index is 13.6. The Kier molecular flexibility index (Phi) is 13.3. The van der Waals surface area contributed by atoms with E-state index in [4.69, 9.17) is 15.3 Å². The van der Waals surface area contributed by atoms with Crippen molar-refractivity contribution in [3.8, 4) is 0 Å². The lowest BCUT2D eigenvalue weighted by Crippen LogP contribution is -2.55. The van der Waals surface area contributed by atoms with Crippen LogP contribution in [0.2, 0.25) is 0 Å². The molecule has 2 unspecified atom stereocenters. The van der Waals surface area contributed by atoms with Crippen molar-refractivity contribution in [2.24, 2.45) is 29.4 Å². The first kappa shape index (κ1) is 31.0. The number of thiophene rings is 1. The number of rotatable bonds is 13. The van der Waals surface area contributed by atoms with Crippen LogP contribution in [0.5, 0.6) is 0 Å². The molecular weight excluding hydrogens is 492 g/mol. The first-order valence-corrected chi connectivity index (χ1v) is 14.1. The predicted molar refractivity (Wildman–Crippen MR) is 146 cm³/mol. The van der Waals surface area contributed by atoms with Crippen molar-refractivity contribution < 1.29 is 24.0 Å². The van der Waals surface area contributed by atoms with Crippen LogP contribution in [-0.2, 0) is 24.0 Å². The van der Waals surface area contributed by atoms with Gasteiger partial charge in [-0.3, -0.25) is 24.8 Å². The monoisotopic (exact) mass is 536 g/mol. The minimum atomic E-state index is -0.765. The third-order valence-electron chi connectivity index (χ3n) is 5.98. The Morgan fingerprint density at radius 2 is 1.92 bits per heavy atom. The molecule has 1 aromatic heterocycles. The second-order valence-electron chi connectivity index (χ2n) is 10.5. The summed E-state index contributed by atoms with van der Waals surface area (Å²) in [5.41, 5.74) is 11.2. The van der Waals surface area contributed by atoms with Crippen molar-refractivity contribution in [2.75, 3.05) is 13.2 Å². The summed E-state index contributed by atoms with van der Waals surface area (Å²) >= 11 is 1.59. The third-order valence-corrected chi connectivity index (χ3v) is 6.81. The first-order chi connectivity index (χ1) is 17.6. The van der Waals surface area contributed by atoms with Gasteiger partial charge < -0.3 is 10.5 Å². The number of hydrogen-bond donors (Lipinski definition) is 3. The maximum atomic E-state index is 13.6. The Morgan fingerprint density at radius 1 is 1.16 bits per heavy atom. The highest BCUT2D eigenvalue weighted by Crippen LogP contribution is 2.26. The average Bonchev–Trinajstić information content (AvgIpc) is 3.37. The topological polar surface area (TPSA) is 123 Å². The van der Waals surface area contributed by atoms with E-state index in [1.54, 1.807) is 18.3 Å². The molecule has 1 aliphatic rings. The largest absolute Gasteiger partial charge is 0.350 e. The molecule has 0 bridgehead atoms. The van der Waals surface area contributed by atoms with Crippen molar-refractivity contribution in [3.63, 3.8) is 0 Å². The van der Waals surface area contributed by atoms with Gasteiger partial charge in [-0.15, -0.1) is 11.3 Å². The van der Waals surface area contributed by atoms with Gasteiger partial charge in [0.2, 0.25) is 11.8 Å². The van der Waals surface area contributed by atoms with Crippen LogP contribution in [0.4, 0.5) is 0 Å². The van der Waals surface area contributed by atoms with Crippen LogP contribution in [0.1, 0.15) is 71.6 Å². The second-order valence-corrected chi connectivity index (χ2v) is 11.5. The number of nitrogens with one attached hydrogen (secondary N) is 2. The van der Waals surface area contributed by atoms with Gasteiger partial charge in [-0.2, -0.15) is 0 Å². The Balaban J connectivity index is 2.25. The van der Waals surface area contributed by atoms with Gasteiger partial charge in [0.15, 0.2) is 6.29 Å². The summed E-state index contributed by atoms with van der Waals surface area (Å²) < 4.78 is 5.56. The number of nitrogens with two attached hydrogens (primary N) is 1. The van der Waals surface area contributed by atoms with E-state index < -0.39 is 24.2 Å². The number of hydrogen-bond acceptors (Lipinski definition) is 7. The fourth-order valence-electron chi connectivity index (χ4n) is 4.15. The molecular formula is C27H44N4O5S. The van der Waals surface area contributed by atoms with Crippen molar-refractivity contribution in [1.82, 2.24) is 15.9 Å². The van der Waals surface area contributed by atoms with E-state index in [9.17, 15) is 14.4 Å². The quantitative estimate of drug-likeness (QED) is 0.329. The van der Waals surface area contributed by atoms with E-state index in [0.29, 0.717) is 32.4 Å². The number of carbonyl (C=O) groups is 3. The number of ether oxygens (including phenoxy) is 1. The lowest BCUT2D eigenvalue weighted by Gasteiger charge is -2.32. The molecule has 10 heteroatoms. The van der Waals surface area contributed by atoms with Gasteiger partial charge >= 0.3 is 0 Å². The van der Waals surface area contributed by atoms with Crippen molar-refractivity contribution in [2.45, 2.75) is 79.1 Å².